The molecule has 1 aromatic heterocycles. The molecule has 136 valence electrons. The molecule has 2 aliphatic rings. The molecule has 1 saturated heterocycles. The Morgan fingerprint density at radius 2 is 2.04 bits per heavy atom. The van der Waals surface area contributed by atoms with Crippen molar-refractivity contribution in [2.75, 3.05) is 23.4 Å². The molecule has 0 aliphatic carbocycles. The van der Waals surface area contributed by atoms with Crippen LogP contribution < -0.4 is 15.5 Å². The van der Waals surface area contributed by atoms with E-state index in [0.29, 0.717) is 22.8 Å². The van der Waals surface area contributed by atoms with Gasteiger partial charge in [-0.05, 0) is 36.2 Å². The summed E-state index contributed by atoms with van der Waals surface area (Å²) < 4.78 is 5.58. The number of ether oxygens (including phenoxy) is 1. The van der Waals surface area contributed by atoms with Crippen molar-refractivity contribution in [2.45, 2.75) is 32.0 Å². The van der Waals surface area contributed by atoms with E-state index in [1.54, 1.807) is 6.07 Å². The lowest BCUT2D eigenvalue weighted by Crippen LogP contribution is -2.35. The average Bonchev–Trinajstić information content (AvgIpc) is 3.29. The monoisotopic (exact) mass is 389 g/mol. The fourth-order valence-corrected chi connectivity index (χ4v) is 3.63. The summed E-state index contributed by atoms with van der Waals surface area (Å²) in [5, 5.41) is 7.03. The minimum atomic E-state index is 0.216. The van der Waals surface area contributed by atoms with E-state index in [4.69, 9.17) is 28.6 Å². The molecule has 0 bridgehead atoms. The Labute approximate surface area is 162 Å². The maximum absolute atomic E-state index is 6.20. The van der Waals surface area contributed by atoms with Crippen LogP contribution in [0.5, 0.6) is 0 Å². The number of hydrogen-bond donors (Lipinski definition) is 2. The van der Waals surface area contributed by atoms with Gasteiger partial charge in [0.1, 0.15) is 11.0 Å². The molecule has 2 aromatic rings. The first-order valence-electron chi connectivity index (χ1n) is 8.70. The molecule has 8 heteroatoms. The number of benzene rings is 1. The highest BCUT2D eigenvalue weighted by Gasteiger charge is 2.21. The minimum absolute atomic E-state index is 0.216. The van der Waals surface area contributed by atoms with E-state index in [2.05, 4.69) is 49.8 Å². The molecule has 0 unspecified atom stereocenters. The molecule has 2 aliphatic heterocycles. The summed E-state index contributed by atoms with van der Waals surface area (Å²) in [6.45, 7) is 3.13. The summed E-state index contributed by atoms with van der Waals surface area (Å²) in [4.78, 5) is 11.0. The largest absolute Gasteiger partial charge is 0.376 e. The number of anilines is 2. The zero-order valence-electron chi connectivity index (χ0n) is 14.2. The first-order chi connectivity index (χ1) is 12.7. The van der Waals surface area contributed by atoms with Gasteiger partial charge in [-0.2, -0.15) is 4.98 Å². The number of aromatic nitrogens is 2. The Bertz CT molecular complexity index is 787. The van der Waals surface area contributed by atoms with Gasteiger partial charge in [-0.15, -0.1) is 0 Å². The van der Waals surface area contributed by atoms with Crippen LogP contribution in [0.25, 0.3) is 0 Å². The maximum atomic E-state index is 6.20. The van der Waals surface area contributed by atoms with Gasteiger partial charge in [-0.3, -0.25) is 0 Å². The van der Waals surface area contributed by atoms with Gasteiger partial charge in [-0.1, -0.05) is 35.9 Å². The molecule has 6 nitrogen and oxygen atoms in total. The molecule has 0 spiro atoms. The average molecular weight is 390 g/mol. The zero-order valence-corrected chi connectivity index (χ0v) is 15.8. The molecule has 1 atom stereocenters. The Hall–Kier alpha value is -1.96. The van der Waals surface area contributed by atoms with Crippen LogP contribution in [0.15, 0.2) is 30.3 Å². The third-order valence-corrected chi connectivity index (χ3v) is 5.03. The standard InChI is InChI=1S/C18H20ClN5OS/c19-15-8-16(24-10-12-4-1-2-5-13(12)11-24)22-17(21-15)23-18(26)20-9-14-6-3-7-25-14/h1-2,4-5,8,14H,3,6-7,9-11H2,(H2,20,21,22,23,26)/t14-/m1/s1. The quantitative estimate of drug-likeness (QED) is 0.615. The molecule has 0 radical (unpaired) electrons. The lowest BCUT2D eigenvalue weighted by molar-refractivity contribution is 0.114. The lowest BCUT2D eigenvalue weighted by atomic mass is 10.1. The van der Waals surface area contributed by atoms with Crippen LogP contribution in [0.3, 0.4) is 0 Å². The summed E-state index contributed by atoms with van der Waals surface area (Å²) >= 11 is 11.5. The Morgan fingerprint density at radius 3 is 2.73 bits per heavy atom. The highest BCUT2D eigenvalue weighted by Crippen LogP contribution is 2.28. The SMILES string of the molecule is S=C(NC[C@H]1CCCO1)Nc1nc(Cl)cc(N2Cc3ccccc3C2)n1. The first-order valence-corrected chi connectivity index (χ1v) is 9.49. The number of halogens is 1. The van der Waals surface area contributed by atoms with Crippen LogP contribution in [0.2, 0.25) is 5.15 Å². The van der Waals surface area contributed by atoms with Gasteiger partial charge < -0.3 is 20.3 Å². The van der Waals surface area contributed by atoms with Crippen molar-refractivity contribution in [2.24, 2.45) is 0 Å². The maximum Gasteiger partial charge on any atom is 0.232 e. The summed E-state index contributed by atoms with van der Waals surface area (Å²) in [7, 11) is 0. The molecule has 0 saturated carbocycles. The normalized spacial score (nSPS) is 18.7. The van der Waals surface area contributed by atoms with Crippen LogP contribution in [-0.2, 0) is 17.8 Å². The molecule has 0 amide bonds. The topological polar surface area (TPSA) is 62.3 Å². The van der Waals surface area contributed by atoms with Crippen molar-refractivity contribution < 1.29 is 4.74 Å². The molecule has 2 N–H and O–H groups in total. The van der Waals surface area contributed by atoms with Crippen LogP contribution >= 0.6 is 23.8 Å². The summed E-state index contributed by atoms with van der Waals surface area (Å²) in [6, 6.07) is 10.2. The predicted molar refractivity (Wildman–Crippen MR) is 107 cm³/mol. The number of rotatable bonds is 4. The van der Waals surface area contributed by atoms with Crippen LogP contribution in [0, 0.1) is 0 Å². The van der Waals surface area contributed by atoms with Crippen molar-refractivity contribution >= 4 is 40.7 Å². The molecule has 26 heavy (non-hydrogen) atoms. The second-order valence-electron chi connectivity index (χ2n) is 6.47. The van der Waals surface area contributed by atoms with E-state index in [-0.39, 0.29) is 6.10 Å². The van der Waals surface area contributed by atoms with Crippen LogP contribution in [-0.4, -0.2) is 34.3 Å². The smallest absolute Gasteiger partial charge is 0.232 e. The van der Waals surface area contributed by atoms with E-state index >= 15 is 0 Å². The molecule has 1 aromatic carbocycles. The summed E-state index contributed by atoms with van der Waals surface area (Å²) in [5.41, 5.74) is 2.62. The van der Waals surface area contributed by atoms with E-state index in [9.17, 15) is 0 Å². The van der Waals surface area contributed by atoms with Crippen molar-refractivity contribution in [1.82, 2.24) is 15.3 Å². The molecular weight excluding hydrogens is 370 g/mol. The highest BCUT2D eigenvalue weighted by molar-refractivity contribution is 7.80. The van der Waals surface area contributed by atoms with Gasteiger partial charge >= 0.3 is 0 Å². The second-order valence-corrected chi connectivity index (χ2v) is 7.26. The summed E-state index contributed by atoms with van der Waals surface area (Å²) in [5.74, 6) is 1.18. The van der Waals surface area contributed by atoms with E-state index in [1.807, 2.05) is 0 Å². The lowest BCUT2D eigenvalue weighted by Gasteiger charge is -2.18. The summed E-state index contributed by atoms with van der Waals surface area (Å²) in [6.07, 6.45) is 2.38. The molecule has 3 heterocycles. The number of thiocarbonyl (C=S) groups is 1. The van der Waals surface area contributed by atoms with Crippen molar-refractivity contribution in [3.8, 4) is 0 Å². The molecule has 4 rings (SSSR count). The number of hydrogen-bond acceptors (Lipinski definition) is 5. The van der Waals surface area contributed by atoms with Crippen molar-refractivity contribution in [1.29, 1.82) is 0 Å². The highest BCUT2D eigenvalue weighted by atomic mass is 35.5. The molecular formula is C18H20ClN5OS. The third kappa shape index (κ3) is 4.06. The van der Waals surface area contributed by atoms with Crippen molar-refractivity contribution in [3.05, 3.63) is 46.6 Å². The van der Waals surface area contributed by atoms with Gasteiger partial charge in [0, 0.05) is 32.3 Å². The Kier molecular flexibility index (Phi) is 5.19. The van der Waals surface area contributed by atoms with Crippen molar-refractivity contribution in [3.63, 3.8) is 0 Å². The van der Waals surface area contributed by atoms with Gasteiger partial charge in [0.25, 0.3) is 0 Å². The van der Waals surface area contributed by atoms with E-state index in [0.717, 1.165) is 38.4 Å². The van der Waals surface area contributed by atoms with E-state index < -0.39 is 0 Å². The number of fused-ring (bicyclic) bond motifs is 1. The second kappa shape index (κ2) is 7.73. The number of nitrogens with zero attached hydrogens (tertiary/aromatic N) is 3. The van der Waals surface area contributed by atoms with Crippen LogP contribution in [0.4, 0.5) is 11.8 Å². The Balaban J connectivity index is 1.41. The minimum Gasteiger partial charge on any atom is -0.376 e. The third-order valence-electron chi connectivity index (χ3n) is 4.59. The van der Waals surface area contributed by atoms with Crippen LogP contribution in [0.1, 0.15) is 24.0 Å². The molecule has 1 fully saturated rings. The Morgan fingerprint density at radius 1 is 1.27 bits per heavy atom. The van der Waals surface area contributed by atoms with Gasteiger partial charge in [0.15, 0.2) is 5.11 Å². The fraction of sp³-hybridized carbons (Fsp3) is 0.389. The van der Waals surface area contributed by atoms with E-state index in [1.165, 1.54) is 11.1 Å². The fourth-order valence-electron chi connectivity index (χ4n) is 3.28. The van der Waals surface area contributed by atoms with Gasteiger partial charge in [-0.25, -0.2) is 4.98 Å². The zero-order chi connectivity index (χ0) is 17.9. The van der Waals surface area contributed by atoms with Gasteiger partial charge in [0.05, 0.1) is 6.10 Å². The number of nitrogens with one attached hydrogen (secondary N) is 2. The van der Waals surface area contributed by atoms with Gasteiger partial charge in [0.2, 0.25) is 5.95 Å². The predicted octanol–water partition coefficient (Wildman–Crippen LogP) is 3.12. The first kappa shape index (κ1) is 17.5.